The second-order valence-electron chi connectivity index (χ2n) is 12.0. The van der Waals surface area contributed by atoms with Gasteiger partial charge in [-0.15, -0.1) is 0 Å². The third-order valence-corrected chi connectivity index (χ3v) is 7.05. The fraction of sp³-hybridized carbons (Fsp3) is 0.529. The highest BCUT2D eigenvalue weighted by atomic mass is 16.5. The van der Waals surface area contributed by atoms with Gasteiger partial charge in [-0.05, 0) is 62.0 Å². The highest BCUT2D eigenvalue weighted by Crippen LogP contribution is 2.19. The third kappa shape index (κ3) is 15.1. The van der Waals surface area contributed by atoms with E-state index >= 15 is 0 Å². The number of ether oxygens (including phenoxy) is 1. The number of carbonyl (C=O) groups excluding carboxylic acids is 3. The zero-order valence-corrected chi connectivity index (χ0v) is 27.7. The number of nitrogens with zero attached hydrogens (tertiary/aromatic N) is 1. The van der Waals surface area contributed by atoms with Gasteiger partial charge >= 0.3 is 11.9 Å². The van der Waals surface area contributed by atoms with Crippen molar-refractivity contribution in [1.29, 1.82) is 0 Å². The molecule has 0 spiro atoms. The SMILES string of the molecule is CCN(CC)CC(=O)Nc1c(C)cccc1C.COC(=O)[C@H](Cc1ccccc1)NC(=O)[C@H](CC(=O)O)NCCC(C)(C)C. The molecule has 2 rings (SSSR count). The van der Waals surface area contributed by atoms with Crippen LogP contribution in [-0.4, -0.2) is 79.1 Å². The standard InChI is InChI=1S/C20H30N2O5.C14H22N2O/c1-20(2,3)10-11-21-15(13-17(23)24)18(25)22-16(19(26)27-4)12-14-8-6-5-7-9-14;1-5-16(6-2)10-13(17)15-14-11(3)8-7-9-12(14)4/h5-9,15-16,21H,10-13H2,1-4H3,(H,22,25)(H,23,24);7-9H,5-6,10H2,1-4H3,(H,15,17)/t15-,16-;/m0./s1. The van der Waals surface area contributed by atoms with Gasteiger partial charge in [-0.1, -0.05) is 83.1 Å². The number of hydrogen-bond donors (Lipinski definition) is 4. The minimum Gasteiger partial charge on any atom is -0.481 e. The van der Waals surface area contributed by atoms with Crippen LogP contribution in [0.3, 0.4) is 0 Å². The van der Waals surface area contributed by atoms with E-state index in [1.807, 2.05) is 62.4 Å². The molecule has 2 aromatic rings. The van der Waals surface area contributed by atoms with Crippen LogP contribution in [-0.2, 0) is 30.3 Å². The van der Waals surface area contributed by atoms with Crippen LogP contribution in [0, 0.1) is 19.3 Å². The van der Waals surface area contributed by atoms with E-state index in [1.165, 1.54) is 7.11 Å². The first-order valence-corrected chi connectivity index (χ1v) is 15.2. The first-order valence-electron chi connectivity index (χ1n) is 15.2. The van der Waals surface area contributed by atoms with Gasteiger partial charge in [0.25, 0.3) is 0 Å². The summed E-state index contributed by atoms with van der Waals surface area (Å²) in [7, 11) is 1.25. The third-order valence-electron chi connectivity index (χ3n) is 7.05. The van der Waals surface area contributed by atoms with E-state index in [2.05, 4.69) is 55.5 Å². The minimum atomic E-state index is -1.09. The summed E-state index contributed by atoms with van der Waals surface area (Å²) >= 11 is 0. The van der Waals surface area contributed by atoms with Gasteiger partial charge in [0.05, 0.1) is 26.1 Å². The molecular weight excluding hydrogens is 560 g/mol. The summed E-state index contributed by atoms with van der Waals surface area (Å²) in [4.78, 5) is 49.8. The molecule has 0 aliphatic carbocycles. The van der Waals surface area contributed by atoms with Crippen molar-refractivity contribution in [3.63, 3.8) is 0 Å². The maximum atomic E-state index is 12.6. The molecule has 0 heterocycles. The number of carboxylic acid groups (broad SMARTS) is 1. The second-order valence-corrected chi connectivity index (χ2v) is 12.0. The Morgan fingerprint density at radius 3 is 2.00 bits per heavy atom. The van der Waals surface area contributed by atoms with Crippen molar-refractivity contribution in [1.82, 2.24) is 15.5 Å². The predicted molar refractivity (Wildman–Crippen MR) is 175 cm³/mol. The van der Waals surface area contributed by atoms with Crippen LogP contribution < -0.4 is 16.0 Å². The Hall–Kier alpha value is -3.76. The highest BCUT2D eigenvalue weighted by molar-refractivity contribution is 5.93. The molecule has 0 unspecified atom stereocenters. The van der Waals surface area contributed by atoms with Crippen molar-refractivity contribution in [2.75, 3.05) is 38.6 Å². The summed E-state index contributed by atoms with van der Waals surface area (Å²) < 4.78 is 4.78. The lowest BCUT2D eigenvalue weighted by Gasteiger charge is -2.23. The second kappa shape index (κ2) is 19.5. The molecule has 2 amide bonds. The Bertz CT molecular complexity index is 1170. The van der Waals surface area contributed by atoms with Gasteiger partial charge in [-0.3, -0.25) is 19.3 Å². The van der Waals surface area contributed by atoms with E-state index < -0.39 is 29.9 Å². The van der Waals surface area contributed by atoms with Gasteiger partial charge in [-0.2, -0.15) is 0 Å². The number of rotatable bonds is 15. The Balaban J connectivity index is 0.000000488. The Morgan fingerprint density at radius 2 is 1.50 bits per heavy atom. The first kappa shape index (κ1) is 38.3. The van der Waals surface area contributed by atoms with E-state index in [0.717, 1.165) is 41.9 Å². The Morgan fingerprint density at radius 1 is 0.909 bits per heavy atom. The van der Waals surface area contributed by atoms with Crippen LogP contribution in [0.4, 0.5) is 5.69 Å². The van der Waals surface area contributed by atoms with E-state index in [-0.39, 0.29) is 24.2 Å². The summed E-state index contributed by atoms with van der Waals surface area (Å²) in [5, 5.41) is 17.7. The van der Waals surface area contributed by atoms with Crippen molar-refractivity contribution in [3.05, 3.63) is 65.2 Å². The number of aliphatic carboxylic acids is 1. The molecule has 0 saturated carbocycles. The largest absolute Gasteiger partial charge is 0.481 e. The van der Waals surface area contributed by atoms with Gasteiger partial charge in [-0.25, -0.2) is 4.79 Å². The average Bonchev–Trinajstić information content (AvgIpc) is 2.96. The highest BCUT2D eigenvalue weighted by Gasteiger charge is 2.28. The smallest absolute Gasteiger partial charge is 0.328 e. The number of amides is 2. The topological polar surface area (TPSA) is 137 Å². The van der Waals surface area contributed by atoms with Crippen LogP contribution in [0.1, 0.15) is 64.2 Å². The molecule has 0 aliphatic heterocycles. The first-order chi connectivity index (χ1) is 20.7. The quantitative estimate of drug-likeness (QED) is 0.218. The van der Waals surface area contributed by atoms with Crippen LogP contribution in [0.15, 0.2) is 48.5 Å². The molecule has 0 radical (unpaired) electrons. The molecule has 10 heteroatoms. The summed E-state index contributed by atoms with van der Waals surface area (Å²) in [5.41, 5.74) is 4.09. The number of esters is 1. The van der Waals surface area contributed by atoms with Crippen molar-refractivity contribution >= 4 is 29.4 Å². The number of likely N-dealkylation sites (N-methyl/N-ethyl adjacent to an activating group) is 1. The maximum absolute atomic E-state index is 12.6. The van der Waals surface area contributed by atoms with E-state index in [0.29, 0.717) is 13.1 Å². The van der Waals surface area contributed by atoms with Crippen molar-refractivity contribution < 1.29 is 29.0 Å². The lowest BCUT2D eigenvalue weighted by Crippen LogP contribution is -2.52. The van der Waals surface area contributed by atoms with Gasteiger partial charge < -0.3 is 25.8 Å². The minimum absolute atomic E-state index is 0.0547. The van der Waals surface area contributed by atoms with Gasteiger partial charge in [0.1, 0.15) is 6.04 Å². The van der Waals surface area contributed by atoms with Gasteiger partial charge in [0, 0.05) is 12.1 Å². The van der Waals surface area contributed by atoms with Gasteiger partial charge in [0.15, 0.2) is 0 Å². The van der Waals surface area contributed by atoms with Crippen LogP contribution >= 0.6 is 0 Å². The van der Waals surface area contributed by atoms with Gasteiger partial charge in [0.2, 0.25) is 11.8 Å². The zero-order valence-electron chi connectivity index (χ0n) is 27.7. The van der Waals surface area contributed by atoms with Crippen molar-refractivity contribution in [2.24, 2.45) is 5.41 Å². The van der Waals surface area contributed by atoms with Crippen molar-refractivity contribution in [2.45, 2.75) is 79.8 Å². The lowest BCUT2D eigenvalue weighted by molar-refractivity contribution is -0.145. The van der Waals surface area contributed by atoms with E-state index in [4.69, 9.17) is 9.84 Å². The molecule has 10 nitrogen and oxygen atoms in total. The van der Waals surface area contributed by atoms with Crippen molar-refractivity contribution in [3.8, 4) is 0 Å². The number of benzene rings is 2. The molecule has 0 fully saturated rings. The number of anilines is 1. The number of carboxylic acids is 1. The Kier molecular flexibility index (Phi) is 17.0. The lowest BCUT2D eigenvalue weighted by atomic mass is 9.92. The summed E-state index contributed by atoms with van der Waals surface area (Å²) in [6.07, 6.45) is 0.678. The van der Waals surface area contributed by atoms with Crippen LogP contribution in [0.5, 0.6) is 0 Å². The fourth-order valence-corrected chi connectivity index (χ4v) is 4.35. The summed E-state index contributed by atoms with van der Waals surface area (Å²) in [6, 6.07) is 13.5. The monoisotopic (exact) mass is 612 g/mol. The molecular formula is C34H52N4O6. The average molecular weight is 613 g/mol. The number of hydrogen-bond acceptors (Lipinski definition) is 7. The number of carbonyl (C=O) groups is 4. The summed E-state index contributed by atoms with van der Waals surface area (Å²) in [6.45, 7) is 17.1. The van der Waals surface area contributed by atoms with Crippen LogP contribution in [0.25, 0.3) is 0 Å². The number of nitrogens with one attached hydrogen (secondary N) is 3. The normalized spacial score (nSPS) is 12.4. The number of aryl methyl sites for hydroxylation is 2. The number of methoxy groups -OCH3 is 1. The molecule has 4 N–H and O–H groups in total. The Labute approximate surface area is 262 Å². The maximum Gasteiger partial charge on any atom is 0.328 e. The molecule has 0 saturated heterocycles. The molecule has 2 atom stereocenters. The molecule has 44 heavy (non-hydrogen) atoms. The molecule has 0 aromatic heterocycles. The van der Waals surface area contributed by atoms with Crippen LogP contribution in [0.2, 0.25) is 0 Å². The molecule has 244 valence electrons. The molecule has 0 bridgehead atoms. The zero-order chi connectivity index (χ0) is 33.3. The van der Waals surface area contributed by atoms with E-state index in [9.17, 15) is 19.2 Å². The summed E-state index contributed by atoms with van der Waals surface area (Å²) in [5.74, 6) is -2.13. The predicted octanol–water partition coefficient (Wildman–Crippen LogP) is 4.34. The fourth-order valence-electron chi connectivity index (χ4n) is 4.35. The molecule has 2 aromatic carbocycles. The molecule has 0 aliphatic rings. The van der Waals surface area contributed by atoms with E-state index in [1.54, 1.807) is 0 Å². The number of para-hydroxylation sites is 1.